The molecule has 3 rings (SSSR count). The number of aromatic nitrogens is 1. The summed E-state index contributed by atoms with van der Waals surface area (Å²) >= 11 is 1.44. The van der Waals surface area contributed by atoms with E-state index in [9.17, 15) is 18.0 Å². The molecule has 0 aliphatic heterocycles. The van der Waals surface area contributed by atoms with Crippen LogP contribution < -0.4 is 10.6 Å². The minimum Gasteiger partial charge on any atom is -0.453 e. The number of ether oxygens (including phenoxy) is 1. The predicted molar refractivity (Wildman–Crippen MR) is 137 cm³/mol. The van der Waals surface area contributed by atoms with Gasteiger partial charge in [0.1, 0.15) is 16.8 Å². The highest BCUT2D eigenvalue weighted by Gasteiger charge is 2.26. The summed E-state index contributed by atoms with van der Waals surface area (Å²) in [7, 11) is -2.89. The number of methoxy groups -OCH3 is 1. The lowest BCUT2D eigenvalue weighted by molar-refractivity contribution is -0.123. The Kier molecular flexibility index (Phi) is 9.57. The van der Waals surface area contributed by atoms with Gasteiger partial charge in [0, 0.05) is 11.8 Å². The van der Waals surface area contributed by atoms with Crippen LogP contribution in [-0.2, 0) is 44.7 Å². The van der Waals surface area contributed by atoms with E-state index >= 15 is 0 Å². The van der Waals surface area contributed by atoms with Gasteiger partial charge in [-0.1, -0.05) is 61.5 Å². The first-order valence-corrected chi connectivity index (χ1v) is 13.8. The molecule has 2 atom stereocenters. The standard InChI is InChI=1S/C25H29N3O6S2/c1-3-20-15-35-24(26-20)22(14-18-9-11-19(12-10-18)16-36(31,32)33)27-23(29)21(28-25(30)34-2)13-17-7-5-4-6-8-17/h4-12,15,21-22H,3,13-14,16H2,1-2H3,(H,27,29)(H,28,30)(H,31,32,33)/t21-,22-/m0/s1. The van der Waals surface area contributed by atoms with Gasteiger partial charge in [-0.15, -0.1) is 11.3 Å². The van der Waals surface area contributed by atoms with Crippen LogP contribution in [0.2, 0.25) is 0 Å². The van der Waals surface area contributed by atoms with E-state index in [2.05, 4.69) is 15.6 Å². The minimum atomic E-state index is -4.13. The molecular weight excluding hydrogens is 502 g/mol. The summed E-state index contributed by atoms with van der Waals surface area (Å²) in [5.74, 6) is -0.856. The van der Waals surface area contributed by atoms with E-state index < -0.39 is 34.0 Å². The third kappa shape index (κ3) is 8.43. The Bertz CT molecular complexity index is 1260. The van der Waals surface area contributed by atoms with Crippen molar-refractivity contribution < 1.29 is 27.3 Å². The van der Waals surface area contributed by atoms with Crippen molar-refractivity contribution >= 4 is 33.5 Å². The van der Waals surface area contributed by atoms with Crippen LogP contribution in [0.1, 0.15) is 40.4 Å². The summed E-state index contributed by atoms with van der Waals surface area (Å²) < 4.78 is 36.1. The van der Waals surface area contributed by atoms with E-state index in [1.165, 1.54) is 18.4 Å². The lowest BCUT2D eigenvalue weighted by Crippen LogP contribution is -2.49. The van der Waals surface area contributed by atoms with Gasteiger partial charge in [-0.2, -0.15) is 8.42 Å². The highest BCUT2D eigenvalue weighted by Crippen LogP contribution is 2.24. The SMILES string of the molecule is CCc1csc([C@H](Cc2ccc(CS(=O)(=O)O)cc2)NC(=O)[C@H](Cc2ccccc2)NC(=O)OC)n1. The lowest BCUT2D eigenvalue weighted by Gasteiger charge is -2.22. The number of amides is 2. The molecule has 3 N–H and O–H groups in total. The van der Waals surface area contributed by atoms with Crippen LogP contribution in [0.5, 0.6) is 0 Å². The van der Waals surface area contributed by atoms with Crippen molar-refractivity contribution in [3.05, 3.63) is 87.4 Å². The summed E-state index contributed by atoms with van der Waals surface area (Å²) in [6, 6.07) is 14.7. The normalized spacial score (nSPS) is 13.0. The quantitative estimate of drug-likeness (QED) is 0.323. The summed E-state index contributed by atoms with van der Waals surface area (Å²) in [4.78, 5) is 30.0. The molecule has 0 aliphatic carbocycles. The van der Waals surface area contributed by atoms with Crippen LogP contribution in [0.4, 0.5) is 4.79 Å². The molecule has 1 heterocycles. The topological polar surface area (TPSA) is 135 Å². The van der Waals surface area contributed by atoms with Gasteiger partial charge >= 0.3 is 6.09 Å². The van der Waals surface area contributed by atoms with Crippen molar-refractivity contribution in [2.75, 3.05) is 7.11 Å². The summed E-state index contributed by atoms with van der Waals surface area (Å²) in [5, 5.41) is 8.30. The molecule has 0 spiro atoms. The number of hydrogen-bond acceptors (Lipinski definition) is 7. The van der Waals surface area contributed by atoms with Crippen LogP contribution in [0.15, 0.2) is 60.0 Å². The van der Waals surface area contributed by atoms with Gasteiger partial charge in [-0.25, -0.2) is 9.78 Å². The maximum atomic E-state index is 13.4. The number of nitrogens with one attached hydrogen (secondary N) is 2. The van der Waals surface area contributed by atoms with E-state index in [1.807, 2.05) is 42.6 Å². The molecule has 2 amide bonds. The first-order chi connectivity index (χ1) is 17.2. The molecule has 11 heteroatoms. The van der Waals surface area contributed by atoms with Gasteiger partial charge < -0.3 is 15.4 Å². The van der Waals surface area contributed by atoms with Crippen molar-refractivity contribution in [3.8, 4) is 0 Å². The molecule has 0 bridgehead atoms. The molecule has 36 heavy (non-hydrogen) atoms. The monoisotopic (exact) mass is 531 g/mol. The number of carbonyl (C=O) groups excluding carboxylic acids is 2. The predicted octanol–water partition coefficient (Wildman–Crippen LogP) is 3.46. The number of hydrogen-bond donors (Lipinski definition) is 3. The Balaban J connectivity index is 1.82. The molecule has 0 saturated carbocycles. The third-order valence-corrected chi connectivity index (χ3v) is 7.14. The van der Waals surface area contributed by atoms with Crippen molar-refractivity contribution in [1.29, 1.82) is 0 Å². The number of aryl methyl sites for hydroxylation is 1. The average Bonchev–Trinajstić information content (AvgIpc) is 3.33. The van der Waals surface area contributed by atoms with Crippen LogP contribution >= 0.6 is 11.3 Å². The fraction of sp³-hybridized carbons (Fsp3) is 0.320. The number of thiazole rings is 1. The van der Waals surface area contributed by atoms with Crippen LogP contribution in [0.25, 0.3) is 0 Å². The zero-order valence-corrected chi connectivity index (χ0v) is 21.6. The molecule has 0 radical (unpaired) electrons. The van der Waals surface area contributed by atoms with Crippen molar-refractivity contribution in [1.82, 2.24) is 15.6 Å². The van der Waals surface area contributed by atoms with E-state index in [0.717, 1.165) is 28.2 Å². The van der Waals surface area contributed by atoms with Gasteiger partial charge in [0.2, 0.25) is 5.91 Å². The Labute approximate surface area is 214 Å². The molecule has 1 aromatic heterocycles. The second-order valence-electron chi connectivity index (χ2n) is 8.22. The smallest absolute Gasteiger partial charge is 0.407 e. The van der Waals surface area contributed by atoms with E-state index in [4.69, 9.17) is 9.29 Å². The second kappa shape index (κ2) is 12.6. The summed E-state index contributed by atoms with van der Waals surface area (Å²) in [6.07, 6.45) is 0.712. The fourth-order valence-electron chi connectivity index (χ4n) is 3.60. The Hall–Kier alpha value is -3.28. The van der Waals surface area contributed by atoms with Crippen LogP contribution in [0, 0.1) is 0 Å². The van der Waals surface area contributed by atoms with Gasteiger partial charge in [-0.3, -0.25) is 9.35 Å². The summed E-state index contributed by atoms with van der Waals surface area (Å²) in [6.45, 7) is 2.00. The van der Waals surface area contributed by atoms with Crippen molar-refractivity contribution in [3.63, 3.8) is 0 Å². The Morgan fingerprint density at radius 3 is 2.22 bits per heavy atom. The number of rotatable bonds is 11. The van der Waals surface area contributed by atoms with Crippen molar-refractivity contribution in [2.24, 2.45) is 0 Å². The first-order valence-electron chi connectivity index (χ1n) is 11.3. The molecule has 0 saturated heterocycles. The molecule has 0 unspecified atom stereocenters. The van der Waals surface area contributed by atoms with Gasteiger partial charge in [0.25, 0.3) is 10.1 Å². The average molecular weight is 532 g/mol. The molecule has 9 nitrogen and oxygen atoms in total. The number of alkyl carbamates (subject to hydrolysis) is 1. The lowest BCUT2D eigenvalue weighted by atomic mass is 10.0. The molecule has 2 aromatic carbocycles. The molecule has 0 fully saturated rings. The van der Waals surface area contributed by atoms with Crippen LogP contribution in [0.3, 0.4) is 0 Å². The maximum Gasteiger partial charge on any atom is 0.407 e. The molecule has 0 aliphatic rings. The highest BCUT2D eigenvalue weighted by atomic mass is 32.2. The molecule has 192 valence electrons. The van der Waals surface area contributed by atoms with Gasteiger partial charge in [0.15, 0.2) is 0 Å². The van der Waals surface area contributed by atoms with Crippen LogP contribution in [-0.4, -0.2) is 43.1 Å². The largest absolute Gasteiger partial charge is 0.453 e. The maximum absolute atomic E-state index is 13.4. The van der Waals surface area contributed by atoms with Gasteiger partial charge in [-0.05, 0) is 29.5 Å². The van der Waals surface area contributed by atoms with E-state index in [1.54, 1.807) is 24.3 Å². The number of carbonyl (C=O) groups is 2. The third-order valence-electron chi connectivity index (χ3n) is 5.43. The highest BCUT2D eigenvalue weighted by molar-refractivity contribution is 7.85. The number of nitrogens with zero attached hydrogens (tertiary/aromatic N) is 1. The van der Waals surface area contributed by atoms with Crippen molar-refractivity contribution in [2.45, 2.75) is 44.0 Å². The summed E-state index contributed by atoms with van der Waals surface area (Å²) in [5.41, 5.74) is 3.08. The number of benzene rings is 2. The Morgan fingerprint density at radius 2 is 1.64 bits per heavy atom. The zero-order chi connectivity index (χ0) is 26.1. The van der Waals surface area contributed by atoms with E-state index in [-0.39, 0.29) is 12.3 Å². The molecule has 3 aromatic rings. The minimum absolute atomic E-state index is 0.275. The molecular formula is C25H29N3O6S2. The van der Waals surface area contributed by atoms with E-state index in [0.29, 0.717) is 12.0 Å². The fourth-order valence-corrected chi connectivity index (χ4v) is 5.16. The second-order valence-corrected chi connectivity index (χ2v) is 10.6. The Morgan fingerprint density at radius 1 is 1.00 bits per heavy atom. The first kappa shape index (κ1) is 27.3. The van der Waals surface area contributed by atoms with Gasteiger partial charge in [0.05, 0.1) is 18.8 Å². The zero-order valence-electron chi connectivity index (χ0n) is 20.0.